The Labute approximate surface area is 141 Å². The van der Waals surface area contributed by atoms with E-state index in [1.807, 2.05) is 44.4 Å². The van der Waals surface area contributed by atoms with E-state index in [1.54, 1.807) is 18.3 Å². The Kier molecular flexibility index (Phi) is 4.57. The summed E-state index contributed by atoms with van der Waals surface area (Å²) in [6.07, 6.45) is 1.77. The lowest BCUT2D eigenvalue weighted by Gasteiger charge is -2.12. The van der Waals surface area contributed by atoms with E-state index in [2.05, 4.69) is 39.5 Å². The number of hydrogen-bond acceptors (Lipinski definition) is 3. The van der Waals surface area contributed by atoms with E-state index in [4.69, 9.17) is 0 Å². The lowest BCUT2D eigenvalue weighted by Crippen LogP contribution is -2.12. The van der Waals surface area contributed by atoms with Crippen molar-refractivity contribution in [2.24, 2.45) is 0 Å². The highest BCUT2D eigenvalue weighted by atomic mass is 16.1. The SMILES string of the molecule is CN(C)c1ccc(-c2ccc(NC(=O)c3ccccc3)nc2)cc1. The molecule has 0 atom stereocenters. The maximum Gasteiger partial charge on any atom is 0.256 e. The summed E-state index contributed by atoms with van der Waals surface area (Å²) in [4.78, 5) is 18.5. The van der Waals surface area contributed by atoms with Crippen LogP contribution in [0.5, 0.6) is 0 Å². The number of anilines is 2. The van der Waals surface area contributed by atoms with Crippen molar-refractivity contribution < 1.29 is 4.79 Å². The molecule has 1 heterocycles. The molecule has 1 aromatic heterocycles. The number of rotatable bonds is 4. The summed E-state index contributed by atoms with van der Waals surface area (Å²) in [6.45, 7) is 0. The highest BCUT2D eigenvalue weighted by Gasteiger charge is 2.06. The van der Waals surface area contributed by atoms with E-state index in [0.717, 1.165) is 16.8 Å². The number of amides is 1. The molecule has 0 unspecified atom stereocenters. The standard InChI is InChI=1S/C20H19N3O/c1-23(2)18-11-8-15(9-12-18)17-10-13-19(21-14-17)22-20(24)16-6-4-3-5-7-16/h3-14H,1-2H3,(H,21,22,24). The van der Waals surface area contributed by atoms with E-state index >= 15 is 0 Å². The highest BCUT2D eigenvalue weighted by molar-refractivity contribution is 6.03. The van der Waals surface area contributed by atoms with Crippen LogP contribution in [0.25, 0.3) is 11.1 Å². The van der Waals surface area contributed by atoms with Gasteiger partial charge in [-0.25, -0.2) is 4.98 Å². The largest absolute Gasteiger partial charge is 0.378 e. The number of hydrogen-bond donors (Lipinski definition) is 1. The molecule has 120 valence electrons. The van der Waals surface area contributed by atoms with Crippen LogP contribution in [0.15, 0.2) is 72.9 Å². The van der Waals surface area contributed by atoms with Crippen LogP contribution in [0, 0.1) is 0 Å². The number of carbonyl (C=O) groups excluding carboxylic acids is 1. The van der Waals surface area contributed by atoms with Crippen LogP contribution >= 0.6 is 0 Å². The smallest absolute Gasteiger partial charge is 0.256 e. The molecule has 0 saturated heterocycles. The minimum atomic E-state index is -0.161. The topological polar surface area (TPSA) is 45.2 Å². The normalized spacial score (nSPS) is 10.2. The van der Waals surface area contributed by atoms with Gasteiger partial charge in [-0.1, -0.05) is 30.3 Å². The van der Waals surface area contributed by atoms with Crippen LogP contribution in [0.2, 0.25) is 0 Å². The third-order valence-corrected chi connectivity index (χ3v) is 3.76. The van der Waals surface area contributed by atoms with E-state index in [-0.39, 0.29) is 5.91 Å². The Morgan fingerprint density at radius 3 is 2.12 bits per heavy atom. The number of pyridine rings is 1. The van der Waals surface area contributed by atoms with Gasteiger partial charge < -0.3 is 10.2 Å². The zero-order valence-corrected chi connectivity index (χ0v) is 13.7. The second-order valence-electron chi connectivity index (χ2n) is 5.69. The molecule has 3 rings (SSSR count). The molecule has 1 amide bonds. The van der Waals surface area contributed by atoms with Crippen LogP contribution in [0.1, 0.15) is 10.4 Å². The molecule has 4 heteroatoms. The quantitative estimate of drug-likeness (QED) is 0.789. The van der Waals surface area contributed by atoms with Crippen LogP contribution in [-0.2, 0) is 0 Å². The first-order chi connectivity index (χ1) is 11.6. The van der Waals surface area contributed by atoms with Gasteiger partial charge in [0.25, 0.3) is 5.91 Å². The lowest BCUT2D eigenvalue weighted by molar-refractivity contribution is 0.102. The van der Waals surface area contributed by atoms with Crippen LogP contribution in [0.4, 0.5) is 11.5 Å². The number of benzene rings is 2. The summed E-state index contributed by atoms with van der Waals surface area (Å²) < 4.78 is 0. The summed E-state index contributed by atoms with van der Waals surface area (Å²) in [5.41, 5.74) is 3.87. The Hall–Kier alpha value is -3.14. The molecule has 1 N–H and O–H groups in total. The molecule has 0 spiro atoms. The zero-order valence-electron chi connectivity index (χ0n) is 13.7. The Morgan fingerprint density at radius 1 is 0.875 bits per heavy atom. The first kappa shape index (κ1) is 15.7. The van der Waals surface area contributed by atoms with E-state index < -0.39 is 0 Å². The van der Waals surface area contributed by atoms with E-state index in [0.29, 0.717) is 11.4 Å². The molecule has 0 saturated carbocycles. The van der Waals surface area contributed by atoms with Crippen molar-refractivity contribution in [1.29, 1.82) is 0 Å². The van der Waals surface area contributed by atoms with Gasteiger partial charge in [-0.15, -0.1) is 0 Å². The van der Waals surface area contributed by atoms with Crippen molar-refractivity contribution >= 4 is 17.4 Å². The van der Waals surface area contributed by atoms with Gasteiger partial charge >= 0.3 is 0 Å². The molecule has 0 aliphatic heterocycles. The molecule has 0 fully saturated rings. The summed E-state index contributed by atoms with van der Waals surface area (Å²) in [5.74, 6) is 0.378. The van der Waals surface area contributed by atoms with Gasteiger partial charge in [-0.05, 0) is 42.0 Å². The Balaban J connectivity index is 1.72. The van der Waals surface area contributed by atoms with Crippen molar-refractivity contribution in [2.75, 3.05) is 24.3 Å². The minimum absolute atomic E-state index is 0.161. The summed E-state index contributed by atoms with van der Waals surface area (Å²) in [5, 5.41) is 2.80. The molecule has 24 heavy (non-hydrogen) atoms. The van der Waals surface area contributed by atoms with Gasteiger partial charge in [0.2, 0.25) is 0 Å². The Morgan fingerprint density at radius 2 is 1.54 bits per heavy atom. The van der Waals surface area contributed by atoms with Crippen LogP contribution in [0.3, 0.4) is 0 Å². The van der Waals surface area contributed by atoms with Gasteiger partial charge in [0.15, 0.2) is 0 Å². The molecule has 0 aliphatic rings. The molecular formula is C20H19N3O. The molecule has 0 aliphatic carbocycles. The first-order valence-corrected chi connectivity index (χ1v) is 7.74. The number of nitrogens with zero attached hydrogens (tertiary/aromatic N) is 2. The van der Waals surface area contributed by atoms with Gasteiger partial charge in [0, 0.05) is 37.1 Å². The predicted octanol–water partition coefficient (Wildman–Crippen LogP) is 4.07. The van der Waals surface area contributed by atoms with Crippen LogP contribution in [-0.4, -0.2) is 25.0 Å². The summed E-state index contributed by atoms with van der Waals surface area (Å²) in [6, 6.07) is 21.1. The van der Waals surface area contributed by atoms with Gasteiger partial charge in [-0.2, -0.15) is 0 Å². The average molecular weight is 317 g/mol. The van der Waals surface area contributed by atoms with Crippen molar-refractivity contribution in [1.82, 2.24) is 4.98 Å². The molecule has 0 bridgehead atoms. The predicted molar refractivity (Wildman–Crippen MR) is 98.4 cm³/mol. The fraction of sp³-hybridized carbons (Fsp3) is 0.100. The molecule has 4 nitrogen and oxygen atoms in total. The maximum absolute atomic E-state index is 12.1. The monoisotopic (exact) mass is 317 g/mol. The summed E-state index contributed by atoms with van der Waals surface area (Å²) >= 11 is 0. The maximum atomic E-state index is 12.1. The van der Waals surface area contributed by atoms with Crippen molar-refractivity contribution in [3.05, 3.63) is 78.5 Å². The Bertz CT molecular complexity index is 810. The van der Waals surface area contributed by atoms with Crippen molar-refractivity contribution in [3.8, 4) is 11.1 Å². The number of carbonyl (C=O) groups is 1. The number of nitrogens with one attached hydrogen (secondary N) is 1. The first-order valence-electron chi connectivity index (χ1n) is 7.74. The molecule has 0 radical (unpaired) electrons. The highest BCUT2D eigenvalue weighted by Crippen LogP contribution is 2.22. The minimum Gasteiger partial charge on any atom is -0.378 e. The van der Waals surface area contributed by atoms with E-state index in [1.165, 1.54) is 0 Å². The lowest BCUT2D eigenvalue weighted by atomic mass is 10.1. The van der Waals surface area contributed by atoms with Gasteiger partial charge in [0.1, 0.15) is 5.82 Å². The number of aromatic nitrogens is 1. The molecule has 3 aromatic rings. The zero-order chi connectivity index (χ0) is 16.9. The second kappa shape index (κ2) is 6.96. The fourth-order valence-electron chi connectivity index (χ4n) is 2.37. The third-order valence-electron chi connectivity index (χ3n) is 3.76. The second-order valence-corrected chi connectivity index (χ2v) is 5.69. The third kappa shape index (κ3) is 3.60. The van der Waals surface area contributed by atoms with Crippen LogP contribution < -0.4 is 10.2 Å². The van der Waals surface area contributed by atoms with E-state index in [9.17, 15) is 4.79 Å². The fourth-order valence-corrected chi connectivity index (χ4v) is 2.37. The average Bonchev–Trinajstić information content (AvgIpc) is 2.63. The van der Waals surface area contributed by atoms with Gasteiger partial charge in [-0.3, -0.25) is 4.79 Å². The van der Waals surface area contributed by atoms with Gasteiger partial charge in [0.05, 0.1) is 0 Å². The molecular weight excluding hydrogens is 298 g/mol. The molecule has 2 aromatic carbocycles. The summed E-state index contributed by atoms with van der Waals surface area (Å²) in [7, 11) is 4.03. The van der Waals surface area contributed by atoms with Crippen molar-refractivity contribution in [3.63, 3.8) is 0 Å². The van der Waals surface area contributed by atoms with Crippen molar-refractivity contribution in [2.45, 2.75) is 0 Å².